The van der Waals surface area contributed by atoms with Crippen molar-refractivity contribution in [3.05, 3.63) is 35.9 Å². The lowest BCUT2D eigenvalue weighted by Gasteiger charge is -2.05. The smallest absolute Gasteiger partial charge is 0.261 e. The van der Waals surface area contributed by atoms with Crippen LogP contribution >= 0.6 is 0 Å². The average molecular weight is 267 g/mol. The summed E-state index contributed by atoms with van der Waals surface area (Å²) in [4.78, 5) is 3.44. The summed E-state index contributed by atoms with van der Waals surface area (Å²) < 4.78 is 39.0. The van der Waals surface area contributed by atoms with Crippen molar-refractivity contribution in [2.45, 2.75) is 5.03 Å². The van der Waals surface area contributed by atoms with E-state index in [1.807, 2.05) is 4.72 Å². The molecule has 92 valence electrons. The Hall–Kier alpha value is -2.47. The number of hydrogen-bond acceptors (Lipinski definition) is 5. The van der Waals surface area contributed by atoms with Gasteiger partial charge in [0.1, 0.15) is 11.6 Å². The fourth-order valence-electron chi connectivity index (χ4n) is 1.20. The van der Waals surface area contributed by atoms with Crippen molar-refractivity contribution in [3.8, 4) is 6.07 Å². The Morgan fingerprint density at radius 1 is 1.50 bits per heavy atom. The van der Waals surface area contributed by atoms with E-state index in [4.69, 9.17) is 5.26 Å². The van der Waals surface area contributed by atoms with Crippen LogP contribution in [0.3, 0.4) is 0 Å². The zero-order valence-electron chi connectivity index (χ0n) is 8.75. The molecule has 0 atom stereocenters. The number of nitrogens with zero attached hydrogens (tertiary/aromatic N) is 3. The number of rotatable bonds is 3. The van der Waals surface area contributed by atoms with Gasteiger partial charge >= 0.3 is 0 Å². The fraction of sp³-hybridized carbons (Fsp3) is 0. The van der Waals surface area contributed by atoms with E-state index in [1.165, 1.54) is 6.07 Å². The van der Waals surface area contributed by atoms with Crippen LogP contribution < -0.4 is 4.72 Å². The van der Waals surface area contributed by atoms with Gasteiger partial charge in [0.2, 0.25) is 5.03 Å². The summed E-state index contributed by atoms with van der Waals surface area (Å²) >= 11 is 0. The Morgan fingerprint density at radius 3 is 2.94 bits per heavy atom. The normalized spacial score (nSPS) is 10.9. The van der Waals surface area contributed by atoms with Gasteiger partial charge in [-0.15, -0.1) is 0 Å². The molecule has 0 saturated heterocycles. The fourth-order valence-corrected chi connectivity index (χ4v) is 2.25. The van der Waals surface area contributed by atoms with Crippen molar-refractivity contribution in [1.82, 2.24) is 15.2 Å². The van der Waals surface area contributed by atoms with Crippen molar-refractivity contribution in [1.29, 1.82) is 5.26 Å². The van der Waals surface area contributed by atoms with Gasteiger partial charge in [-0.25, -0.2) is 9.37 Å². The van der Waals surface area contributed by atoms with Crippen LogP contribution in [0.15, 0.2) is 29.6 Å². The number of halogens is 1. The quantitative estimate of drug-likeness (QED) is 0.846. The van der Waals surface area contributed by atoms with E-state index in [0.29, 0.717) is 0 Å². The van der Waals surface area contributed by atoms with E-state index in [9.17, 15) is 12.8 Å². The molecule has 0 aliphatic heterocycles. The Balaban J connectivity index is 2.41. The van der Waals surface area contributed by atoms with E-state index in [1.54, 1.807) is 6.07 Å². The van der Waals surface area contributed by atoms with Crippen molar-refractivity contribution in [3.63, 3.8) is 0 Å². The average Bonchev–Trinajstić information content (AvgIpc) is 2.76. The van der Waals surface area contributed by atoms with E-state index in [2.05, 4.69) is 15.2 Å². The van der Waals surface area contributed by atoms with Crippen molar-refractivity contribution in [2.75, 3.05) is 4.72 Å². The lowest BCUT2D eigenvalue weighted by Crippen LogP contribution is -2.17. The topological polar surface area (TPSA) is 112 Å². The summed E-state index contributed by atoms with van der Waals surface area (Å²) in [5.74, 6) is -1.12. The highest BCUT2D eigenvalue weighted by atomic mass is 32.2. The minimum absolute atomic E-state index is 0.00471. The van der Waals surface area contributed by atoms with Gasteiger partial charge in [0.05, 0.1) is 6.20 Å². The maximum absolute atomic E-state index is 13.3. The SMILES string of the molecule is N#Cc1cn[nH]c1NS(=O)(=O)c1ncccc1F. The molecule has 18 heavy (non-hydrogen) atoms. The molecular weight excluding hydrogens is 261 g/mol. The Kier molecular flexibility index (Phi) is 2.95. The van der Waals surface area contributed by atoms with Crippen LogP contribution in [0.1, 0.15) is 5.56 Å². The molecule has 0 spiro atoms. The van der Waals surface area contributed by atoms with E-state index in [-0.39, 0.29) is 11.4 Å². The van der Waals surface area contributed by atoms with Gasteiger partial charge in [0, 0.05) is 6.20 Å². The highest BCUT2D eigenvalue weighted by Gasteiger charge is 2.22. The third kappa shape index (κ3) is 2.14. The van der Waals surface area contributed by atoms with Gasteiger partial charge in [-0.05, 0) is 12.1 Å². The molecule has 2 aromatic rings. The first-order chi connectivity index (χ1) is 8.54. The molecule has 2 heterocycles. The molecule has 2 N–H and O–H groups in total. The van der Waals surface area contributed by atoms with Crippen LogP contribution in [-0.2, 0) is 10.0 Å². The van der Waals surface area contributed by atoms with Crippen LogP contribution in [0.5, 0.6) is 0 Å². The molecule has 0 saturated carbocycles. The Labute approximate surface area is 101 Å². The van der Waals surface area contributed by atoms with E-state index in [0.717, 1.165) is 18.5 Å². The molecule has 0 aliphatic rings. The summed E-state index contributed by atoms with van der Waals surface area (Å²) in [6.45, 7) is 0. The van der Waals surface area contributed by atoms with Crippen molar-refractivity contribution in [2.24, 2.45) is 0 Å². The Bertz CT molecular complexity index is 719. The van der Waals surface area contributed by atoms with Crippen LogP contribution in [0.2, 0.25) is 0 Å². The Morgan fingerprint density at radius 2 is 2.28 bits per heavy atom. The number of H-pyrrole nitrogens is 1. The zero-order chi connectivity index (χ0) is 13.2. The first-order valence-corrected chi connectivity index (χ1v) is 6.09. The first-order valence-electron chi connectivity index (χ1n) is 4.61. The predicted octanol–water partition coefficient (Wildman–Crippen LogP) is 0.616. The second-order valence-corrected chi connectivity index (χ2v) is 4.76. The third-order valence-electron chi connectivity index (χ3n) is 1.98. The van der Waals surface area contributed by atoms with Gasteiger partial charge in [0.15, 0.2) is 11.6 Å². The summed E-state index contributed by atoms with van der Waals surface area (Å²) in [7, 11) is -4.20. The zero-order valence-corrected chi connectivity index (χ0v) is 9.57. The van der Waals surface area contributed by atoms with Gasteiger partial charge in [-0.3, -0.25) is 9.82 Å². The van der Waals surface area contributed by atoms with Crippen LogP contribution in [0, 0.1) is 17.1 Å². The number of nitriles is 1. The summed E-state index contributed by atoms with van der Waals surface area (Å²) in [6.07, 6.45) is 2.29. The number of nitrogens with one attached hydrogen (secondary N) is 2. The van der Waals surface area contributed by atoms with Crippen molar-refractivity contribution < 1.29 is 12.8 Å². The number of anilines is 1. The second-order valence-electron chi connectivity index (χ2n) is 3.17. The largest absolute Gasteiger partial charge is 0.283 e. The molecule has 2 rings (SSSR count). The van der Waals surface area contributed by atoms with Crippen LogP contribution in [0.4, 0.5) is 10.2 Å². The number of hydrogen-bond donors (Lipinski definition) is 2. The minimum Gasteiger partial charge on any atom is -0.261 e. The van der Waals surface area contributed by atoms with Gasteiger partial charge in [0.25, 0.3) is 10.0 Å². The minimum atomic E-state index is -4.20. The maximum Gasteiger partial charge on any atom is 0.283 e. The molecule has 0 fully saturated rings. The lowest BCUT2D eigenvalue weighted by atomic mass is 10.4. The maximum atomic E-state index is 13.3. The molecule has 0 amide bonds. The standard InChI is InChI=1S/C9H6FN5O2S/c10-7-2-1-3-12-9(7)18(16,17)15-8-6(4-11)5-13-14-8/h1-3,5H,(H2,13,14,15). The predicted molar refractivity (Wildman–Crippen MR) is 58.3 cm³/mol. The summed E-state index contributed by atoms with van der Waals surface area (Å²) in [6, 6.07) is 3.97. The second kappa shape index (κ2) is 4.42. The molecule has 0 aromatic carbocycles. The molecule has 0 bridgehead atoms. The molecule has 0 aliphatic carbocycles. The highest BCUT2D eigenvalue weighted by Crippen LogP contribution is 2.17. The first kappa shape index (κ1) is 12.0. The van der Waals surface area contributed by atoms with Crippen LogP contribution in [0.25, 0.3) is 0 Å². The summed E-state index contributed by atoms with van der Waals surface area (Å²) in [5, 5.41) is 13.7. The molecule has 0 unspecified atom stereocenters. The molecule has 7 nitrogen and oxygen atoms in total. The highest BCUT2D eigenvalue weighted by molar-refractivity contribution is 7.92. The van der Waals surface area contributed by atoms with Crippen LogP contribution in [-0.4, -0.2) is 23.6 Å². The summed E-state index contributed by atoms with van der Waals surface area (Å²) in [5.41, 5.74) is -0.00471. The number of sulfonamides is 1. The lowest BCUT2D eigenvalue weighted by molar-refractivity contribution is 0.556. The monoisotopic (exact) mass is 267 g/mol. The molecular formula is C9H6FN5O2S. The van der Waals surface area contributed by atoms with Gasteiger partial charge < -0.3 is 0 Å². The van der Waals surface area contributed by atoms with E-state index < -0.39 is 20.9 Å². The van der Waals surface area contributed by atoms with Crippen molar-refractivity contribution >= 4 is 15.8 Å². The number of aromatic amines is 1. The molecule has 9 heteroatoms. The number of pyridine rings is 1. The van der Waals surface area contributed by atoms with E-state index >= 15 is 0 Å². The third-order valence-corrected chi connectivity index (χ3v) is 3.26. The molecule has 0 radical (unpaired) electrons. The van der Waals surface area contributed by atoms with Gasteiger partial charge in [-0.2, -0.15) is 18.8 Å². The van der Waals surface area contributed by atoms with Gasteiger partial charge in [-0.1, -0.05) is 0 Å². The molecule has 2 aromatic heterocycles. The number of aromatic nitrogens is 3.